The number of nitrogens with zero attached hydrogens (tertiary/aromatic N) is 18. The summed E-state index contributed by atoms with van der Waals surface area (Å²) in [5.41, 5.74) is 1.91. The van der Waals surface area contributed by atoms with Crippen LogP contribution in [0.15, 0.2) is 73.2 Å². The van der Waals surface area contributed by atoms with Gasteiger partial charge in [0.25, 0.3) is 0 Å². The minimum Gasteiger partial charge on any atom is -0.453 e. The Bertz CT molecular complexity index is 5020. The first-order chi connectivity index (χ1) is 55.8. The SMILES string of the molecule is CC(=O)NCCN1CCCC(C2CN(c3cnc4c(C(F)(F)F)nn(C(C)c5ccc(Cl)cc5Cl)c4n3)C2)C1.CC(C)C(=O)NCCN1CCCC(C2CN(c3cnc4c(C(F)(F)F)nn(C(C)c5ccc(Cl)cc5Cl)c4n3)C2)C1.COC(=O)NCCN1CCCC(C2CN(c3cnc4c(C)nn(C(C)c5ccc(Cl)cc5Cl)c4n3)C2)C1. The molecule has 0 spiro atoms. The fourth-order valence-electron chi connectivity index (χ4n) is 16.8. The molecule has 37 heteroatoms. The molecule has 6 fully saturated rings. The molecule has 3 aromatic carbocycles. The van der Waals surface area contributed by atoms with E-state index in [4.69, 9.17) is 84.7 Å². The molecule has 630 valence electrons. The van der Waals surface area contributed by atoms with Crippen LogP contribution in [0.2, 0.25) is 30.1 Å². The normalized spacial score (nSPS) is 19.6. The van der Waals surface area contributed by atoms with Crippen LogP contribution in [0.5, 0.6) is 0 Å². The second-order valence-electron chi connectivity index (χ2n) is 31.8. The lowest BCUT2D eigenvalue weighted by Gasteiger charge is -2.47. The molecule has 0 bridgehead atoms. The number of alkyl halides is 6. The number of alkyl carbamates (subject to hydrolysis) is 1. The number of likely N-dealkylation sites (tertiary alicyclic amines) is 3. The highest BCUT2D eigenvalue weighted by molar-refractivity contribution is 6.36. The predicted molar refractivity (Wildman–Crippen MR) is 443 cm³/mol. The molecule has 0 radical (unpaired) electrons. The number of amides is 3. The number of rotatable bonds is 22. The minimum absolute atomic E-state index is 0.0226. The van der Waals surface area contributed by atoms with E-state index in [1.807, 2.05) is 43.8 Å². The largest absolute Gasteiger partial charge is 0.453 e. The standard InChI is InChI=1S/C28H34Cl2F3N7O.C26H30Cl2F3N7O.C26H33Cl2N7O2/c1-16(2)27(41)34-8-10-38-9-4-5-18(13-38)19-14-39(15-19)23-12-35-24-25(28(31,32)33)37-40(26(24)36-23)17(3)21-7-6-20(29)11-22(21)30;1-15(20-6-5-19(27)10-21(20)28)38-25-23(24(35-38)26(29,30)31)33-11-22(34-25)37-13-18(14-37)17-4-3-8-36(12-17)9-7-32-16(2)39;1-16-24-25(35(32-16)17(2)21-7-6-20(27)11-22(21)28)31-23(12-30-24)34-14-19(15-34)18-5-4-9-33(13-18)10-8-29-26(36)37-3/h6-7,11-12,16-19H,4-5,8-10,13-15H2,1-3H3,(H,34,41);5-6,10-11,15,17-18H,3-4,7-9,12-14H2,1-2H3,(H,32,39);6-7,11-12,17-19H,4-5,8-10,13-15H2,1-3H3,(H,29,36). The highest BCUT2D eigenvalue weighted by Gasteiger charge is 2.44. The van der Waals surface area contributed by atoms with Crippen LogP contribution in [0, 0.1) is 48.3 Å². The van der Waals surface area contributed by atoms with Crippen molar-refractivity contribution in [3.8, 4) is 0 Å². The second kappa shape index (κ2) is 37.4. The first-order valence-corrected chi connectivity index (χ1v) is 42.0. The quantitative estimate of drug-likeness (QED) is 0.0534. The van der Waals surface area contributed by atoms with Crippen molar-refractivity contribution in [1.29, 1.82) is 0 Å². The van der Waals surface area contributed by atoms with Crippen molar-refractivity contribution >= 4 is 138 Å². The van der Waals surface area contributed by atoms with Gasteiger partial charge in [-0.15, -0.1) is 0 Å². The smallest absolute Gasteiger partial charge is 0.437 e. The second-order valence-corrected chi connectivity index (χ2v) is 34.3. The number of nitrogens with one attached hydrogen (secondary N) is 3. The van der Waals surface area contributed by atoms with Crippen molar-refractivity contribution in [1.82, 2.24) is 89.9 Å². The summed E-state index contributed by atoms with van der Waals surface area (Å²) in [6.07, 6.45) is 1.86. The van der Waals surface area contributed by atoms with Crippen LogP contribution in [0.1, 0.15) is 132 Å². The summed E-state index contributed by atoms with van der Waals surface area (Å²) in [5.74, 6) is 5.22. The highest BCUT2D eigenvalue weighted by atomic mass is 35.5. The maximum absolute atomic E-state index is 13.9. The summed E-state index contributed by atoms with van der Waals surface area (Å²) in [5, 5.41) is 23.9. The average Bonchev–Trinajstić information content (AvgIpc) is 1.62. The van der Waals surface area contributed by atoms with Crippen molar-refractivity contribution in [2.24, 2.45) is 41.4 Å². The van der Waals surface area contributed by atoms with E-state index in [0.29, 0.717) is 108 Å². The Balaban J connectivity index is 0.000000153. The lowest BCUT2D eigenvalue weighted by Crippen LogP contribution is -2.54. The fraction of sp³-hybridized carbons (Fsp3) is 0.550. The fourth-order valence-corrected chi connectivity index (χ4v) is 18.5. The third kappa shape index (κ3) is 20.4. The van der Waals surface area contributed by atoms with Gasteiger partial charge in [0.05, 0.1) is 49.5 Å². The van der Waals surface area contributed by atoms with Gasteiger partial charge in [0.1, 0.15) is 34.0 Å². The molecule has 0 aliphatic carbocycles. The molecular formula is C80H97Cl6F6N21O4. The molecule has 117 heavy (non-hydrogen) atoms. The summed E-state index contributed by atoms with van der Waals surface area (Å²) >= 11 is 37.4. The third-order valence-corrected chi connectivity index (χ3v) is 25.2. The summed E-state index contributed by atoms with van der Waals surface area (Å²) in [6, 6.07) is 13.9. The summed E-state index contributed by atoms with van der Waals surface area (Å²) in [4.78, 5) is 75.3. The maximum Gasteiger partial charge on any atom is 0.437 e. The van der Waals surface area contributed by atoms with Gasteiger partial charge in [-0.05, 0) is 174 Å². The van der Waals surface area contributed by atoms with Crippen LogP contribution in [0.4, 0.5) is 48.6 Å². The van der Waals surface area contributed by atoms with Crippen LogP contribution in [-0.4, -0.2) is 217 Å². The van der Waals surface area contributed by atoms with Gasteiger partial charge in [0, 0.05) is 141 Å². The van der Waals surface area contributed by atoms with E-state index < -0.39 is 35.8 Å². The van der Waals surface area contributed by atoms with Crippen molar-refractivity contribution in [3.63, 3.8) is 0 Å². The lowest BCUT2D eigenvalue weighted by molar-refractivity contribution is -0.141. The van der Waals surface area contributed by atoms with Gasteiger partial charge in [-0.25, -0.2) is 48.7 Å². The van der Waals surface area contributed by atoms with Gasteiger partial charge >= 0.3 is 18.4 Å². The van der Waals surface area contributed by atoms with E-state index >= 15 is 0 Å². The molecule has 9 aromatic rings. The van der Waals surface area contributed by atoms with Gasteiger partial charge in [-0.2, -0.15) is 41.6 Å². The maximum atomic E-state index is 13.9. The monoisotopic (exact) mass is 1740 g/mol. The Morgan fingerprint density at radius 1 is 0.470 bits per heavy atom. The number of aryl methyl sites for hydroxylation is 1. The van der Waals surface area contributed by atoms with Gasteiger partial charge in [0.2, 0.25) is 11.8 Å². The van der Waals surface area contributed by atoms with Crippen molar-refractivity contribution < 1.29 is 45.5 Å². The number of fused-ring (bicyclic) bond motifs is 3. The van der Waals surface area contributed by atoms with E-state index in [1.165, 1.54) is 48.6 Å². The molecule has 6 aromatic heterocycles. The lowest BCUT2D eigenvalue weighted by atomic mass is 9.80. The Hall–Kier alpha value is -7.88. The third-order valence-electron chi connectivity index (χ3n) is 23.5. The van der Waals surface area contributed by atoms with Crippen molar-refractivity contribution in [2.75, 3.05) is 140 Å². The number of hydrogen-bond donors (Lipinski definition) is 3. The number of anilines is 3. The molecule has 12 heterocycles. The highest BCUT2D eigenvalue weighted by Crippen LogP contribution is 2.43. The number of ether oxygens (including phenoxy) is 1. The van der Waals surface area contributed by atoms with Gasteiger partial charge < -0.3 is 50.1 Å². The zero-order chi connectivity index (χ0) is 83.5. The van der Waals surface area contributed by atoms with Crippen LogP contribution >= 0.6 is 69.6 Å². The molecule has 6 aliphatic heterocycles. The van der Waals surface area contributed by atoms with E-state index in [-0.39, 0.29) is 52.2 Å². The topological polar surface area (TPSA) is 247 Å². The van der Waals surface area contributed by atoms with Gasteiger partial charge in [-0.3, -0.25) is 9.59 Å². The molecule has 3 N–H and O–H groups in total. The number of carbonyl (C=O) groups excluding carboxylic acids is 3. The van der Waals surface area contributed by atoms with E-state index in [1.54, 1.807) is 56.3 Å². The number of hydrogen-bond acceptors (Lipinski definition) is 19. The summed E-state index contributed by atoms with van der Waals surface area (Å²) in [6.45, 7) is 28.3. The molecule has 6 saturated heterocycles. The zero-order valence-corrected chi connectivity index (χ0v) is 70.9. The van der Waals surface area contributed by atoms with Crippen LogP contribution in [-0.2, 0) is 26.7 Å². The molecule has 15 rings (SSSR count). The van der Waals surface area contributed by atoms with Crippen molar-refractivity contribution in [3.05, 3.63) is 137 Å². The first kappa shape index (κ1) is 87.0. The number of piperidine rings is 3. The Morgan fingerprint density at radius 3 is 1.14 bits per heavy atom. The van der Waals surface area contributed by atoms with Crippen molar-refractivity contribution in [2.45, 2.75) is 117 Å². The van der Waals surface area contributed by atoms with E-state index in [9.17, 15) is 40.7 Å². The molecule has 3 amide bonds. The number of benzene rings is 3. The number of carbonyl (C=O) groups is 3. The number of methoxy groups -OCH3 is 1. The molecule has 6 atom stereocenters. The predicted octanol–water partition coefficient (Wildman–Crippen LogP) is 15.3. The van der Waals surface area contributed by atoms with E-state index in [0.717, 1.165) is 152 Å². The van der Waals surface area contributed by atoms with Gasteiger partial charge in [0.15, 0.2) is 28.3 Å². The summed E-state index contributed by atoms with van der Waals surface area (Å²) < 4.78 is 92.3. The number of aromatic nitrogens is 12. The van der Waals surface area contributed by atoms with Crippen LogP contribution in [0.3, 0.4) is 0 Å². The minimum atomic E-state index is -4.69. The van der Waals surface area contributed by atoms with E-state index in [2.05, 4.69) is 87.1 Å². The van der Waals surface area contributed by atoms with Crippen LogP contribution in [0.25, 0.3) is 33.5 Å². The molecule has 0 saturated carbocycles. The average molecular weight is 1740 g/mol. The number of halogens is 12. The molecule has 6 aliphatic rings. The Morgan fingerprint density at radius 2 is 0.803 bits per heavy atom. The molecular weight excluding hydrogens is 1650 g/mol. The van der Waals surface area contributed by atoms with Gasteiger partial charge in [-0.1, -0.05) is 102 Å². The first-order valence-electron chi connectivity index (χ1n) is 39.7. The van der Waals surface area contributed by atoms with Crippen LogP contribution < -0.4 is 30.7 Å². The molecule has 25 nitrogen and oxygen atoms in total. The Labute approximate surface area is 705 Å². The Kier molecular flexibility index (Phi) is 27.8. The zero-order valence-electron chi connectivity index (χ0n) is 66.4. The molecule has 6 unspecified atom stereocenters. The summed E-state index contributed by atoms with van der Waals surface area (Å²) in [7, 11) is 1.39.